The second-order valence-corrected chi connectivity index (χ2v) is 6.81. The van der Waals surface area contributed by atoms with Crippen LogP contribution in [0.1, 0.15) is 12.0 Å². The largest absolute Gasteiger partial charge is 0.274 e. The van der Waals surface area contributed by atoms with Crippen LogP contribution in [-0.4, -0.2) is 17.4 Å². The Balaban J connectivity index is 1.69. The summed E-state index contributed by atoms with van der Waals surface area (Å²) in [5.74, 6) is -1.45. The van der Waals surface area contributed by atoms with Gasteiger partial charge in [0, 0.05) is 10.6 Å². The number of amides is 2. The predicted molar refractivity (Wildman–Crippen MR) is 94.9 cm³/mol. The third-order valence-corrected chi connectivity index (χ3v) is 4.80. The Hall–Kier alpha value is -2.41. The fourth-order valence-corrected chi connectivity index (χ4v) is 3.51. The summed E-state index contributed by atoms with van der Waals surface area (Å²) in [6.45, 7) is 0. The fourth-order valence-electron chi connectivity index (χ4n) is 3.00. The van der Waals surface area contributed by atoms with Crippen LogP contribution >= 0.6 is 23.2 Å². The van der Waals surface area contributed by atoms with Crippen molar-refractivity contribution in [2.75, 3.05) is 4.90 Å². The van der Waals surface area contributed by atoms with E-state index in [4.69, 9.17) is 28.0 Å². The third kappa shape index (κ3) is 2.67. The van der Waals surface area contributed by atoms with Gasteiger partial charge in [0.1, 0.15) is 5.82 Å². The maximum atomic E-state index is 13.1. The Bertz CT molecular complexity index is 961. The van der Waals surface area contributed by atoms with Crippen molar-refractivity contribution in [3.8, 4) is 0 Å². The molecule has 4 rings (SSSR count). The van der Waals surface area contributed by atoms with Gasteiger partial charge in [-0.3, -0.25) is 19.9 Å². The SMILES string of the molecule is O=C1C[C@@]2(C=C(c3ccc(Cl)cc3Cl)NO2)C(=O)N1c1ccc(F)cc1. The highest BCUT2D eigenvalue weighted by atomic mass is 35.5. The summed E-state index contributed by atoms with van der Waals surface area (Å²) >= 11 is 12.1. The van der Waals surface area contributed by atoms with Gasteiger partial charge < -0.3 is 0 Å². The zero-order chi connectivity index (χ0) is 18.5. The summed E-state index contributed by atoms with van der Waals surface area (Å²) in [6, 6.07) is 10.0. The molecule has 1 spiro atoms. The monoisotopic (exact) mass is 392 g/mol. The number of imide groups is 1. The molecule has 1 fully saturated rings. The Morgan fingerprint density at radius 1 is 1.12 bits per heavy atom. The lowest BCUT2D eigenvalue weighted by molar-refractivity contribution is -0.136. The number of nitrogens with zero attached hydrogens (tertiary/aromatic N) is 1. The summed E-state index contributed by atoms with van der Waals surface area (Å²) < 4.78 is 13.1. The minimum atomic E-state index is -1.47. The minimum absolute atomic E-state index is 0.176. The molecule has 8 heteroatoms. The topological polar surface area (TPSA) is 58.6 Å². The van der Waals surface area contributed by atoms with Crippen LogP contribution in [0.4, 0.5) is 10.1 Å². The highest BCUT2D eigenvalue weighted by Gasteiger charge is 2.55. The lowest BCUT2D eigenvalue weighted by Crippen LogP contribution is -2.40. The van der Waals surface area contributed by atoms with Gasteiger partial charge in [-0.15, -0.1) is 0 Å². The number of anilines is 1. The molecule has 2 aliphatic rings. The van der Waals surface area contributed by atoms with E-state index >= 15 is 0 Å². The molecule has 26 heavy (non-hydrogen) atoms. The van der Waals surface area contributed by atoms with Crippen molar-refractivity contribution in [1.82, 2.24) is 5.48 Å². The summed E-state index contributed by atoms with van der Waals surface area (Å²) in [5, 5.41) is 0.853. The first-order chi connectivity index (χ1) is 12.4. The number of hydroxylamine groups is 1. The first kappa shape index (κ1) is 17.0. The van der Waals surface area contributed by atoms with Crippen LogP contribution in [0, 0.1) is 5.82 Å². The van der Waals surface area contributed by atoms with E-state index < -0.39 is 23.2 Å². The normalized spacial score (nSPS) is 22.1. The molecule has 1 atom stereocenters. The van der Waals surface area contributed by atoms with Crippen LogP contribution in [0.3, 0.4) is 0 Å². The van der Waals surface area contributed by atoms with Gasteiger partial charge in [0.25, 0.3) is 5.91 Å². The van der Waals surface area contributed by atoms with Crippen LogP contribution in [0.25, 0.3) is 5.70 Å². The summed E-state index contributed by atoms with van der Waals surface area (Å²) in [6.07, 6.45) is 1.36. The average Bonchev–Trinajstić information content (AvgIpc) is 3.11. The molecule has 0 aromatic heterocycles. The predicted octanol–water partition coefficient (Wildman–Crippen LogP) is 3.71. The van der Waals surface area contributed by atoms with Crippen molar-refractivity contribution in [2.24, 2.45) is 0 Å². The van der Waals surface area contributed by atoms with Crippen LogP contribution in [0.2, 0.25) is 10.0 Å². The quantitative estimate of drug-likeness (QED) is 0.791. The first-order valence-corrected chi connectivity index (χ1v) is 8.40. The Morgan fingerprint density at radius 3 is 2.54 bits per heavy atom. The van der Waals surface area contributed by atoms with Gasteiger partial charge in [-0.2, -0.15) is 0 Å². The number of hydrogen-bond donors (Lipinski definition) is 1. The number of rotatable bonds is 2. The van der Waals surface area contributed by atoms with E-state index in [9.17, 15) is 14.0 Å². The zero-order valence-corrected chi connectivity index (χ0v) is 14.6. The molecule has 2 amide bonds. The molecule has 132 valence electrons. The molecule has 2 aromatic carbocycles. The van der Waals surface area contributed by atoms with Crippen LogP contribution in [-0.2, 0) is 14.4 Å². The van der Waals surface area contributed by atoms with Crippen molar-refractivity contribution in [1.29, 1.82) is 0 Å². The van der Waals surface area contributed by atoms with E-state index in [-0.39, 0.29) is 12.1 Å². The molecule has 0 bridgehead atoms. The molecule has 2 heterocycles. The van der Waals surface area contributed by atoms with E-state index in [2.05, 4.69) is 5.48 Å². The van der Waals surface area contributed by atoms with E-state index in [0.717, 1.165) is 4.90 Å². The van der Waals surface area contributed by atoms with Gasteiger partial charge in [0.05, 0.1) is 22.8 Å². The van der Waals surface area contributed by atoms with Crippen molar-refractivity contribution < 1.29 is 18.8 Å². The second kappa shape index (κ2) is 6.09. The highest BCUT2D eigenvalue weighted by Crippen LogP contribution is 2.39. The number of hydrogen-bond acceptors (Lipinski definition) is 4. The minimum Gasteiger partial charge on any atom is -0.274 e. The van der Waals surface area contributed by atoms with Crippen LogP contribution in [0.5, 0.6) is 0 Å². The van der Waals surface area contributed by atoms with Gasteiger partial charge >= 0.3 is 0 Å². The van der Waals surface area contributed by atoms with E-state index in [1.165, 1.54) is 30.3 Å². The van der Waals surface area contributed by atoms with Gasteiger partial charge in [-0.25, -0.2) is 9.29 Å². The maximum Gasteiger partial charge on any atom is 0.273 e. The molecule has 0 unspecified atom stereocenters. The Kier molecular flexibility index (Phi) is 3.99. The van der Waals surface area contributed by atoms with Gasteiger partial charge in [0.15, 0.2) is 0 Å². The molecule has 0 radical (unpaired) electrons. The lowest BCUT2D eigenvalue weighted by Gasteiger charge is -2.18. The molecule has 0 saturated carbocycles. The van der Waals surface area contributed by atoms with Crippen molar-refractivity contribution in [3.63, 3.8) is 0 Å². The van der Waals surface area contributed by atoms with Gasteiger partial charge in [-0.05, 0) is 48.5 Å². The molecule has 1 N–H and O–H groups in total. The summed E-state index contributed by atoms with van der Waals surface area (Å²) in [5.41, 5.74) is 2.55. The van der Waals surface area contributed by atoms with Crippen molar-refractivity contribution >= 4 is 46.4 Å². The number of benzene rings is 2. The molecule has 1 saturated heterocycles. The van der Waals surface area contributed by atoms with Crippen molar-refractivity contribution in [2.45, 2.75) is 12.0 Å². The van der Waals surface area contributed by atoms with E-state index in [1.807, 2.05) is 0 Å². The molecular formula is C18H11Cl2FN2O3. The number of carbonyl (C=O) groups is 2. The van der Waals surface area contributed by atoms with E-state index in [0.29, 0.717) is 21.3 Å². The average molecular weight is 393 g/mol. The summed E-state index contributed by atoms with van der Waals surface area (Å²) in [7, 11) is 0. The smallest absolute Gasteiger partial charge is 0.273 e. The molecule has 2 aromatic rings. The molecular weight excluding hydrogens is 382 g/mol. The van der Waals surface area contributed by atoms with Crippen LogP contribution < -0.4 is 10.4 Å². The Morgan fingerprint density at radius 2 is 1.85 bits per heavy atom. The third-order valence-electron chi connectivity index (χ3n) is 4.26. The van der Waals surface area contributed by atoms with Gasteiger partial charge in [-0.1, -0.05) is 23.2 Å². The fraction of sp³-hybridized carbons (Fsp3) is 0.111. The zero-order valence-electron chi connectivity index (χ0n) is 13.1. The number of halogens is 3. The maximum absolute atomic E-state index is 13.1. The number of nitrogens with one attached hydrogen (secondary N) is 1. The summed E-state index contributed by atoms with van der Waals surface area (Å²) in [4.78, 5) is 31.8. The standard InChI is InChI=1S/C18H11Cl2FN2O3/c19-10-1-6-13(14(20)7-10)15-8-18(26-22-15)9-16(24)23(17(18)25)12-4-2-11(21)3-5-12/h1-8,22H,9H2/t18-/m0/s1. The van der Waals surface area contributed by atoms with Crippen molar-refractivity contribution in [3.05, 3.63) is 70.0 Å². The molecule has 2 aliphatic heterocycles. The number of carbonyl (C=O) groups excluding carboxylic acids is 2. The highest BCUT2D eigenvalue weighted by molar-refractivity contribution is 6.35. The van der Waals surface area contributed by atoms with E-state index in [1.54, 1.807) is 18.2 Å². The lowest BCUT2D eigenvalue weighted by atomic mass is 9.99. The molecule has 5 nitrogen and oxygen atoms in total. The van der Waals surface area contributed by atoms with Crippen LogP contribution in [0.15, 0.2) is 48.5 Å². The Labute approximate surface area is 157 Å². The molecule has 0 aliphatic carbocycles. The second-order valence-electron chi connectivity index (χ2n) is 5.96. The van der Waals surface area contributed by atoms with Gasteiger partial charge in [0.2, 0.25) is 11.5 Å². The first-order valence-electron chi connectivity index (χ1n) is 7.65.